The molecule has 98 valence electrons. The summed E-state index contributed by atoms with van der Waals surface area (Å²) in [4.78, 5) is 8.39. The van der Waals surface area contributed by atoms with Gasteiger partial charge < -0.3 is 16.2 Å². The molecule has 0 spiro atoms. The van der Waals surface area contributed by atoms with Crippen LogP contribution in [-0.2, 0) is 0 Å². The fourth-order valence-corrected chi connectivity index (χ4v) is 1.77. The summed E-state index contributed by atoms with van der Waals surface area (Å²) in [7, 11) is 1.58. The number of rotatable bonds is 3. The number of guanidine groups is 1. The predicted octanol–water partition coefficient (Wildman–Crippen LogP) is 1.97. The standard InChI is InChI=1S/C14H16N4O/c1-9-5-6-17-11(7-9)10-3-4-13(19-2)12(8-10)18-14(15)16/h3-8H,1-2H3,(H4,15,16,18). The van der Waals surface area contributed by atoms with Gasteiger partial charge in [-0.25, -0.2) is 4.99 Å². The number of nitrogens with zero attached hydrogens (tertiary/aromatic N) is 2. The topological polar surface area (TPSA) is 86.5 Å². The van der Waals surface area contributed by atoms with Gasteiger partial charge in [0.15, 0.2) is 5.96 Å². The zero-order chi connectivity index (χ0) is 13.8. The second kappa shape index (κ2) is 5.39. The SMILES string of the molecule is COc1ccc(-c2cc(C)ccn2)cc1N=C(N)N. The lowest BCUT2D eigenvalue weighted by molar-refractivity contribution is 0.416. The summed E-state index contributed by atoms with van der Waals surface area (Å²) < 4.78 is 5.22. The van der Waals surface area contributed by atoms with Crippen molar-refractivity contribution in [2.24, 2.45) is 16.5 Å². The molecule has 0 saturated heterocycles. The van der Waals surface area contributed by atoms with Crippen LogP contribution in [0.25, 0.3) is 11.3 Å². The first-order chi connectivity index (χ1) is 9.10. The quantitative estimate of drug-likeness (QED) is 0.649. The van der Waals surface area contributed by atoms with Gasteiger partial charge in [0.05, 0.1) is 12.8 Å². The molecule has 19 heavy (non-hydrogen) atoms. The first-order valence-electron chi connectivity index (χ1n) is 5.81. The Morgan fingerprint density at radius 2 is 2.00 bits per heavy atom. The Morgan fingerprint density at radius 1 is 1.21 bits per heavy atom. The molecule has 0 saturated carbocycles. The third-order valence-electron chi connectivity index (χ3n) is 2.64. The minimum atomic E-state index is -0.00680. The van der Waals surface area contributed by atoms with Crippen LogP contribution in [0.3, 0.4) is 0 Å². The molecule has 0 amide bonds. The average Bonchev–Trinajstić information content (AvgIpc) is 2.38. The second-order valence-corrected chi connectivity index (χ2v) is 4.14. The van der Waals surface area contributed by atoms with Crippen LogP contribution in [0.1, 0.15) is 5.56 Å². The number of aryl methyl sites for hydroxylation is 1. The summed E-state index contributed by atoms with van der Waals surface area (Å²) in [5.41, 5.74) is 14.4. The maximum absolute atomic E-state index is 5.42. The third-order valence-corrected chi connectivity index (χ3v) is 2.64. The molecule has 5 nitrogen and oxygen atoms in total. The number of pyridine rings is 1. The third kappa shape index (κ3) is 3.01. The summed E-state index contributed by atoms with van der Waals surface area (Å²) in [5, 5.41) is 0. The predicted molar refractivity (Wildman–Crippen MR) is 76.4 cm³/mol. The van der Waals surface area contributed by atoms with Crippen molar-refractivity contribution in [1.29, 1.82) is 0 Å². The molecule has 1 aromatic heterocycles. The largest absolute Gasteiger partial charge is 0.494 e. The van der Waals surface area contributed by atoms with E-state index in [0.717, 1.165) is 16.8 Å². The fraction of sp³-hybridized carbons (Fsp3) is 0.143. The maximum atomic E-state index is 5.42. The van der Waals surface area contributed by atoms with Crippen molar-refractivity contribution >= 4 is 11.6 Å². The van der Waals surface area contributed by atoms with Gasteiger partial charge in [0.1, 0.15) is 11.4 Å². The van der Waals surface area contributed by atoms with Crippen LogP contribution >= 0.6 is 0 Å². The van der Waals surface area contributed by atoms with Gasteiger partial charge in [-0.2, -0.15) is 0 Å². The van der Waals surface area contributed by atoms with Crippen molar-refractivity contribution in [3.8, 4) is 17.0 Å². The molecule has 0 unspecified atom stereocenters. The van der Waals surface area contributed by atoms with E-state index in [4.69, 9.17) is 16.2 Å². The van der Waals surface area contributed by atoms with Crippen molar-refractivity contribution in [3.05, 3.63) is 42.1 Å². The van der Waals surface area contributed by atoms with E-state index in [1.54, 1.807) is 13.3 Å². The van der Waals surface area contributed by atoms with E-state index in [-0.39, 0.29) is 5.96 Å². The Kier molecular flexibility index (Phi) is 3.66. The first-order valence-corrected chi connectivity index (χ1v) is 5.81. The van der Waals surface area contributed by atoms with E-state index >= 15 is 0 Å². The van der Waals surface area contributed by atoms with Crippen LogP contribution in [0.15, 0.2) is 41.5 Å². The number of benzene rings is 1. The van der Waals surface area contributed by atoms with E-state index in [1.165, 1.54) is 0 Å². The zero-order valence-electron chi connectivity index (χ0n) is 10.9. The first kappa shape index (κ1) is 12.9. The summed E-state index contributed by atoms with van der Waals surface area (Å²) >= 11 is 0. The smallest absolute Gasteiger partial charge is 0.191 e. The van der Waals surface area contributed by atoms with E-state index in [1.807, 2.05) is 37.3 Å². The number of nitrogens with two attached hydrogens (primary N) is 2. The van der Waals surface area contributed by atoms with Gasteiger partial charge >= 0.3 is 0 Å². The molecule has 0 aliphatic carbocycles. The van der Waals surface area contributed by atoms with Crippen LogP contribution < -0.4 is 16.2 Å². The minimum Gasteiger partial charge on any atom is -0.494 e. The minimum absolute atomic E-state index is 0.00680. The molecule has 0 aliphatic heterocycles. The average molecular weight is 256 g/mol. The molecular weight excluding hydrogens is 240 g/mol. The van der Waals surface area contributed by atoms with Gasteiger partial charge in [-0.3, -0.25) is 4.98 Å². The molecule has 0 bridgehead atoms. The Balaban J connectivity index is 2.51. The fourth-order valence-electron chi connectivity index (χ4n) is 1.77. The van der Waals surface area contributed by atoms with Crippen molar-refractivity contribution in [1.82, 2.24) is 4.98 Å². The van der Waals surface area contributed by atoms with Crippen LogP contribution in [-0.4, -0.2) is 18.1 Å². The lowest BCUT2D eigenvalue weighted by Gasteiger charge is -2.08. The summed E-state index contributed by atoms with van der Waals surface area (Å²) in [6.45, 7) is 2.02. The van der Waals surface area contributed by atoms with Crippen LogP contribution in [0.4, 0.5) is 5.69 Å². The lowest BCUT2D eigenvalue weighted by Crippen LogP contribution is -2.21. The summed E-state index contributed by atoms with van der Waals surface area (Å²) in [6, 6.07) is 9.54. The van der Waals surface area contributed by atoms with Crippen LogP contribution in [0, 0.1) is 6.92 Å². The second-order valence-electron chi connectivity index (χ2n) is 4.14. The van der Waals surface area contributed by atoms with Crippen molar-refractivity contribution in [2.75, 3.05) is 7.11 Å². The molecule has 2 rings (SSSR count). The molecule has 1 aromatic carbocycles. The highest BCUT2D eigenvalue weighted by Gasteiger charge is 2.06. The van der Waals surface area contributed by atoms with Gasteiger partial charge in [-0.05, 0) is 42.8 Å². The highest BCUT2D eigenvalue weighted by atomic mass is 16.5. The van der Waals surface area contributed by atoms with E-state index in [0.29, 0.717) is 11.4 Å². The molecule has 0 fully saturated rings. The van der Waals surface area contributed by atoms with Gasteiger partial charge in [0.25, 0.3) is 0 Å². The zero-order valence-corrected chi connectivity index (χ0v) is 10.9. The molecule has 0 atom stereocenters. The number of hydrogen-bond donors (Lipinski definition) is 2. The number of aliphatic imine (C=N–C) groups is 1. The molecule has 0 aliphatic rings. The van der Waals surface area contributed by atoms with E-state index < -0.39 is 0 Å². The van der Waals surface area contributed by atoms with Crippen LogP contribution in [0.2, 0.25) is 0 Å². The van der Waals surface area contributed by atoms with Gasteiger partial charge in [-0.1, -0.05) is 0 Å². The maximum Gasteiger partial charge on any atom is 0.191 e. The normalized spacial score (nSPS) is 10.0. The molecule has 4 N–H and O–H groups in total. The summed E-state index contributed by atoms with van der Waals surface area (Å²) in [6.07, 6.45) is 1.77. The van der Waals surface area contributed by atoms with Crippen molar-refractivity contribution in [3.63, 3.8) is 0 Å². The lowest BCUT2D eigenvalue weighted by atomic mass is 10.1. The number of ether oxygens (including phenoxy) is 1. The number of methoxy groups -OCH3 is 1. The molecule has 2 aromatic rings. The Hall–Kier alpha value is -2.56. The van der Waals surface area contributed by atoms with Crippen LogP contribution in [0.5, 0.6) is 5.75 Å². The van der Waals surface area contributed by atoms with E-state index in [9.17, 15) is 0 Å². The monoisotopic (exact) mass is 256 g/mol. The highest BCUT2D eigenvalue weighted by molar-refractivity contribution is 5.81. The van der Waals surface area contributed by atoms with Crippen molar-refractivity contribution < 1.29 is 4.74 Å². The number of aromatic nitrogens is 1. The summed E-state index contributed by atoms with van der Waals surface area (Å²) in [5.74, 6) is 0.609. The Bertz CT molecular complexity index is 619. The Morgan fingerprint density at radius 3 is 2.63 bits per heavy atom. The molecule has 0 radical (unpaired) electrons. The molecule has 1 heterocycles. The number of hydrogen-bond acceptors (Lipinski definition) is 3. The molecular formula is C14H16N4O. The van der Waals surface area contributed by atoms with Gasteiger partial charge in [0, 0.05) is 11.8 Å². The Labute approximate surface area is 111 Å². The van der Waals surface area contributed by atoms with Gasteiger partial charge in [0.2, 0.25) is 0 Å². The van der Waals surface area contributed by atoms with Crippen molar-refractivity contribution in [2.45, 2.75) is 6.92 Å². The highest BCUT2D eigenvalue weighted by Crippen LogP contribution is 2.32. The molecule has 5 heteroatoms. The van der Waals surface area contributed by atoms with Gasteiger partial charge in [-0.15, -0.1) is 0 Å². The van der Waals surface area contributed by atoms with E-state index in [2.05, 4.69) is 9.98 Å².